The van der Waals surface area contributed by atoms with Crippen molar-refractivity contribution in [1.82, 2.24) is 5.32 Å². The molecule has 0 amide bonds. The molecule has 0 fully saturated rings. The van der Waals surface area contributed by atoms with Crippen LogP contribution in [0.5, 0.6) is 0 Å². The summed E-state index contributed by atoms with van der Waals surface area (Å²) < 4.78 is 28.8. The topological polar surface area (TPSA) is 77.1 Å². The molecule has 2 aromatic carbocycles. The number of carbonyl (C=O) groups excluding carboxylic acids is 2. The zero-order valence-electron chi connectivity index (χ0n) is 18.2. The Kier molecular flexibility index (Phi) is 8.01. The SMILES string of the molecule is COCCOC(=O)C1=C(C)N(c2ccc(F)c(Cl)c2)C(=S)NC1c1ccc(C(=O)OC)cc1. The monoisotopic (exact) mass is 492 g/mol. The third-order valence-corrected chi connectivity index (χ3v) is 5.64. The van der Waals surface area contributed by atoms with E-state index in [4.69, 9.17) is 38.0 Å². The molecule has 1 heterocycles. The van der Waals surface area contributed by atoms with Crippen LogP contribution in [0, 0.1) is 5.82 Å². The quantitative estimate of drug-likeness (QED) is 0.351. The molecule has 174 valence electrons. The summed E-state index contributed by atoms with van der Waals surface area (Å²) in [7, 11) is 2.80. The first-order chi connectivity index (χ1) is 15.8. The summed E-state index contributed by atoms with van der Waals surface area (Å²) in [4.78, 5) is 26.5. The molecule has 7 nitrogen and oxygen atoms in total. The summed E-state index contributed by atoms with van der Waals surface area (Å²) >= 11 is 11.5. The molecule has 0 saturated carbocycles. The number of halogens is 2. The second kappa shape index (κ2) is 10.7. The number of hydrogen-bond acceptors (Lipinski definition) is 6. The summed E-state index contributed by atoms with van der Waals surface area (Å²) in [5.74, 6) is -1.61. The van der Waals surface area contributed by atoms with Gasteiger partial charge in [-0.3, -0.25) is 4.90 Å². The van der Waals surface area contributed by atoms with Crippen LogP contribution >= 0.6 is 23.8 Å². The molecule has 1 atom stereocenters. The number of anilines is 1. The predicted molar refractivity (Wildman–Crippen MR) is 126 cm³/mol. The van der Waals surface area contributed by atoms with Crippen molar-refractivity contribution in [2.75, 3.05) is 32.3 Å². The Bertz CT molecular complexity index is 1110. The standard InChI is InChI=1S/C23H22ClFN2O5S/c1-13-19(22(29)32-11-10-30-2)20(14-4-6-15(7-5-14)21(28)31-3)26-23(33)27(13)16-8-9-18(25)17(24)12-16/h4-9,12,20H,10-11H2,1-3H3,(H,26,33). The van der Waals surface area contributed by atoms with E-state index in [-0.39, 0.29) is 23.3 Å². The van der Waals surface area contributed by atoms with Gasteiger partial charge in [-0.25, -0.2) is 14.0 Å². The van der Waals surface area contributed by atoms with Crippen LogP contribution in [0.3, 0.4) is 0 Å². The van der Waals surface area contributed by atoms with E-state index in [1.54, 1.807) is 36.1 Å². The smallest absolute Gasteiger partial charge is 0.338 e. The highest BCUT2D eigenvalue weighted by Gasteiger charge is 2.35. The average Bonchev–Trinajstić information content (AvgIpc) is 2.80. The van der Waals surface area contributed by atoms with E-state index in [0.717, 1.165) is 0 Å². The predicted octanol–water partition coefficient (Wildman–Crippen LogP) is 4.17. The third-order valence-electron chi connectivity index (χ3n) is 5.05. The second-order valence-electron chi connectivity index (χ2n) is 7.06. The number of nitrogens with one attached hydrogen (secondary N) is 1. The number of methoxy groups -OCH3 is 2. The lowest BCUT2D eigenvalue weighted by molar-refractivity contribution is -0.140. The summed E-state index contributed by atoms with van der Waals surface area (Å²) in [5.41, 5.74) is 2.32. The van der Waals surface area contributed by atoms with Crippen LogP contribution in [0.15, 0.2) is 53.7 Å². The van der Waals surface area contributed by atoms with E-state index >= 15 is 0 Å². The van der Waals surface area contributed by atoms with E-state index in [1.807, 2.05) is 0 Å². The van der Waals surface area contributed by atoms with Gasteiger partial charge in [-0.1, -0.05) is 23.7 Å². The number of esters is 2. The molecule has 0 aromatic heterocycles. The fourth-order valence-corrected chi connectivity index (χ4v) is 3.95. The minimum atomic E-state index is -0.647. The number of hydrogen-bond donors (Lipinski definition) is 1. The van der Waals surface area contributed by atoms with Gasteiger partial charge in [-0.15, -0.1) is 0 Å². The van der Waals surface area contributed by atoms with Gasteiger partial charge >= 0.3 is 11.9 Å². The maximum Gasteiger partial charge on any atom is 0.338 e. The molecular weight excluding hydrogens is 471 g/mol. The van der Waals surface area contributed by atoms with Gasteiger partial charge in [0, 0.05) is 18.5 Å². The molecule has 2 aromatic rings. The Hall–Kier alpha value is -3.01. The number of rotatable bonds is 7. The first kappa shape index (κ1) is 24.6. The lowest BCUT2D eigenvalue weighted by Gasteiger charge is -2.37. The molecule has 3 rings (SSSR count). The van der Waals surface area contributed by atoms with Crippen molar-refractivity contribution in [3.63, 3.8) is 0 Å². The Balaban J connectivity index is 2.06. The zero-order chi connectivity index (χ0) is 24.1. The lowest BCUT2D eigenvalue weighted by atomic mass is 9.94. The van der Waals surface area contributed by atoms with Gasteiger partial charge in [-0.05, 0) is 55.0 Å². The fraction of sp³-hybridized carbons (Fsp3) is 0.261. The number of ether oxygens (including phenoxy) is 3. The molecule has 10 heteroatoms. The van der Waals surface area contributed by atoms with Crippen LogP contribution in [0.25, 0.3) is 0 Å². The summed E-state index contributed by atoms with van der Waals surface area (Å²) in [6.45, 7) is 2.01. The largest absolute Gasteiger partial charge is 0.465 e. The second-order valence-corrected chi connectivity index (χ2v) is 7.85. The van der Waals surface area contributed by atoms with Gasteiger partial charge in [0.25, 0.3) is 0 Å². The molecule has 1 aliphatic heterocycles. The number of carbonyl (C=O) groups is 2. The molecule has 33 heavy (non-hydrogen) atoms. The highest BCUT2D eigenvalue weighted by molar-refractivity contribution is 7.80. The minimum absolute atomic E-state index is 0.0624. The lowest BCUT2D eigenvalue weighted by Crippen LogP contribution is -2.48. The number of thiocarbonyl (C=S) groups is 1. The van der Waals surface area contributed by atoms with Gasteiger partial charge in [0.15, 0.2) is 5.11 Å². The van der Waals surface area contributed by atoms with Crippen molar-refractivity contribution in [2.24, 2.45) is 0 Å². The Morgan fingerprint density at radius 1 is 1.12 bits per heavy atom. The Morgan fingerprint density at radius 3 is 2.42 bits per heavy atom. The van der Waals surface area contributed by atoms with Gasteiger partial charge in [0.05, 0.1) is 35.9 Å². The van der Waals surface area contributed by atoms with Crippen molar-refractivity contribution in [1.29, 1.82) is 0 Å². The van der Waals surface area contributed by atoms with Crippen molar-refractivity contribution in [3.8, 4) is 0 Å². The summed E-state index contributed by atoms with van der Waals surface area (Å²) in [5, 5.41) is 3.35. The molecule has 0 bridgehead atoms. The maximum atomic E-state index is 13.7. The molecule has 0 saturated heterocycles. The Morgan fingerprint density at radius 2 is 1.82 bits per heavy atom. The molecule has 0 spiro atoms. The normalized spacial score (nSPS) is 15.8. The van der Waals surface area contributed by atoms with Gasteiger partial charge in [-0.2, -0.15) is 0 Å². The van der Waals surface area contributed by atoms with Gasteiger partial charge < -0.3 is 19.5 Å². The molecule has 1 N–H and O–H groups in total. The van der Waals surface area contributed by atoms with E-state index < -0.39 is 23.8 Å². The molecular formula is C23H22ClFN2O5S. The summed E-state index contributed by atoms with van der Waals surface area (Å²) in [6.07, 6.45) is 0. The third kappa shape index (κ3) is 5.32. The van der Waals surface area contributed by atoms with Crippen LogP contribution in [0.2, 0.25) is 5.02 Å². The van der Waals surface area contributed by atoms with Gasteiger partial charge in [0.1, 0.15) is 12.4 Å². The van der Waals surface area contributed by atoms with E-state index in [1.165, 1.54) is 32.4 Å². The highest BCUT2D eigenvalue weighted by Crippen LogP contribution is 2.35. The number of nitrogens with zero attached hydrogens (tertiary/aromatic N) is 1. The molecule has 0 radical (unpaired) electrons. The van der Waals surface area contributed by atoms with Gasteiger partial charge in [0.2, 0.25) is 0 Å². The van der Waals surface area contributed by atoms with Crippen molar-refractivity contribution < 1.29 is 28.2 Å². The van der Waals surface area contributed by atoms with Crippen LogP contribution < -0.4 is 10.2 Å². The van der Waals surface area contributed by atoms with Crippen LogP contribution in [0.1, 0.15) is 28.9 Å². The van der Waals surface area contributed by atoms with Crippen molar-refractivity contribution >= 4 is 46.6 Å². The minimum Gasteiger partial charge on any atom is -0.465 e. The van der Waals surface area contributed by atoms with Crippen LogP contribution in [-0.2, 0) is 19.0 Å². The number of allylic oxidation sites excluding steroid dienone is 1. The molecule has 1 aliphatic rings. The highest BCUT2D eigenvalue weighted by atomic mass is 35.5. The van der Waals surface area contributed by atoms with E-state index in [0.29, 0.717) is 28.1 Å². The number of benzene rings is 2. The average molecular weight is 493 g/mol. The fourth-order valence-electron chi connectivity index (χ4n) is 3.42. The zero-order valence-corrected chi connectivity index (χ0v) is 19.8. The van der Waals surface area contributed by atoms with Crippen molar-refractivity contribution in [2.45, 2.75) is 13.0 Å². The van der Waals surface area contributed by atoms with E-state index in [2.05, 4.69) is 5.32 Å². The molecule has 0 aliphatic carbocycles. The molecule has 1 unspecified atom stereocenters. The summed E-state index contributed by atoms with van der Waals surface area (Å²) in [6, 6.07) is 10.1. The van der Waals surface area contributed by atoms with Crippen molar-refractivity contribution in [3.05, 3.63) is 75.7 Å². The first-order valence-electron chi connectivity index (χ1n) is 9.89. The maximum absolute atomic E-state index is 13.7. The Labute approximate surface area is 201 Å². The first-order valence-corrected chi connectivity index (χ1v) is 10.7. The van der Waals surface area contributed by atoms with E-state index in [9.17, 15) is 14.0 Å². The van der Waals surface area contributed by atoms with Crippen LogP contribution in [0.4, 0.5) is 10.1 Å². The van der Waals surface area contributed by atoms with Crippen LogP contribution in [-0.4, -0.2) is 44.5 Å².